The summed E-state index contributed by atoms with van der Waals surface area (Å²) in [6.45, 7) is 3.47. The second kappa shape index (κ2) is 5.56. The predicted octanol–water partition coefficient (Wildman–Crippen LogP) is 2.79. The molecule has 0 saturated heterocycles. The molecule has 5 heteroatoms. The number of phenols is 1. The van der Waals surface area contributed by atoms with Crippen molar-refractivity contribution in [3.63, 3.8) is 0 Å². The normalized spacial score (nSPS) is 39.3. The van der Waals surface area contributed by atoms with E-state index in [0.29, 0.717) is 18.4 Å². The van der Waals surface area contributed by atoms with Gasteiger partial charge >= 0.3 is 5.97 Å². The maximum atomic E-state index is 12.7. The first kappa shape index (κ1) is 16.6. The fourth-order valence-electron chi connectivity index (χ4n) is 5.75. The summed E-state index contributed by atoms with van der Waals surface area (Å²) in [5.74, 6) is 0.373. The van der Waals surface area contributed by atoms with Crippen LogP contribution in [0.4, 0.5) is 0 Å². The molecule has 3 aliphatic carbocycles. The summed E-state index contributed by atoms with van der Waals surface area (Å²) in [6, 6.07) is 5.09. The SMILES string of the molecule is CC(=O)O[C@H]1[C@H](O)C[C@H]2[C@@H]3CC(=O)c4cc(O)ccc4[C@H]3CC[C@@]21C. The summed E-state index contributed by atoms with van der Waals surface area (Å²) in [7, 11) is 0. The van der Waals surface area contributed by atoms with Gasteiger partial charge in [-0.15, -0.1) is 0 Å². The molecule has 0 radical (unpaired) electrons. The highest BCUT2D eigenvalue weighted by Gasteiger charge is 2.60. The number of ketones is 1. The molecule has 6 atom stereocenters. The van der Waals surface area contributed by atoms with Crippen LogP contribution in [0.5, 0.6) is 5.75 Å². The first-order valence-electron chi connectivity index (χ1n) is 9.02. The van der Waals surface area contributed by atoms with Crippen molar-refractivity contribution in [3.8, 4) is 5.75 Å². The molecular weight excluding hydrogens is 320 g/mol. The van der Waals surface area contributed by atoms with Gasteiger partial charge in [-0.1, -0.05) is 13.0 Å². The van der Waals surface area contributed by atoms with Crippen LogP contribution in [0, 0.1) is 17.3 Å². The van der Waals surface area contributed by atoms with Gasteiger partial charge in [0.1, 0.15) is 11.9 Å². The highest BCUT2D eigenvalue weighted by Crippen LogP contribution is 2.61. The van der Waals surface area contributed by atoms with Gasteiger partial charge in [0.05, 0.1) is 6.10 Å². The zero-order chi connectivity index (χ0) is 17.9. The van der Waals surface area contributed by atoms with Crippen molar-refractivity contribution in [2.75, 3.05) is 0 Å². The van der Waals surface area contributed by atoms with Gasteiger partial charge in [0.2, 0.25) is 0 Å². The molecule has 1 aromatic carbocycles. The van der Waals surface area contributed by atoms with Gasteiger partial charge in [-0.2, -0.15) is 0 Å². The third-order valence-corrected chi connectivity index (χ3v) is 6.82. The van der Waals surface area contributed by atoms with Crippen LogP contribution in [-0.2, 0) is 9.53 Å². The van der Waals surface area contributed by atoms with Crippen molar-refractivity contribution in [2.45, 2.75) is 57.7 Å². The van der Waals surface area contributed by atoms with Gasteiger partial charge in [-0.05, 0) is 54.7 Å². The van der Waals surface area contributed by atoms with Crippen molar-refractivity contribution in [1.29, 1.82) is 0 Å². The lowest BCUT2D eigenvalue weighted by Crippen LogP contribution is -2.47. The highest BCUT2D eigenvalue weighted by atomic mass is 16.6. The van der Waals surface area contributed by atoms with E-state index in [9.17, 15) is 19.8 Å². The standard InChI is InChI=1S/C20H24O5/c1-10(21)25-19-18(24)9-16-14-8-17(23)15-7-11(22)3-4-12(15)13(14)5-6-20(16,19)2/h3-4,7,13-14,16,18-19,22,24H,5-6,8-9H2,1-2H3/t13-,14-,16+,18-,19+,20+/m1/s1. The van der Waals surface area contributed by atoms with Crippen molar-refractivity contribution >= 4 is 11.8 Å². The molecule has 0 aliphatic heterocycles. The van der Waals surface area contributed by atoms with Crippen LogP contribution in [0.3, 0.4) is 0 Å². The van der Waals surface area contributed by atoms with Crippen LogP contribution >= 0.6 is 0 Å². The maximum absolute atomic E-state index is 12.7. The first-order valence-corrected chi connectivity index (χ1v) is 9.02. The second-order valence-electron chi connectivity index (χ2n) is 8.15. The van der Waals surface area contributed by atoms with E-state index in [2.05, 4.69) is 6.92 Å². The van der Waals surface area contributed by atoms with Gasteiger partial charge in [-0.25, -0.2) is 0 Å². The quantitative estimate of drug-likeness (QED) is 0.766. The van der Waals surface area contributed by atoms with Crippen LogP contribution in [0.1, 0.15) is 61.4 Å². The minimum Gasteiger partial charge on any atom is -0.508 e. The van der Waals surface area contributed by atoms with E-state index in [0.717, 1.165) is 18.4 Å². The number of rotatable bonds is 1. The Bertz CT molecular complexity index is 742. The lowest BCUT2D eigenvalue weighted by Gasteiger charge is -2.49. The average molecular weight is 344 g/mol. The number of ether oxygens (including phenoxy) is 1. The lowest BCUT2D eigenvalue weighted by atomic mass is 9.55. The Morgan fingerprint density at radius 2 is 2.12 bits per heavy atom. The molecule has 2 fully saturated rings. The number of aliphatic hydroxyl groups excluding tert-OH is 1. The van der Waals surface area contributed by atoms with Crippen molar-refractivity contribution in [3.05, 3.63) is 29.3 Å². The number of aromatic hydroxyl groups is 1. The zero-order valence-corrected chi connectivity index (χ0v) is 14.6. The Labute approximate surface area is 147 Å². The van der Waals surface area contributed by atoms with Crippen LogP contribution in [-0.4, -0.2) is 34.2 Å². The molecular formula is C20H24O5. The fourth-order valence-corrected chi connectivity index (χ4v) is 5.75. The van der Waals surface area contributed by atoms with E-state index in [1.165, 1.54) is 6.92 Å². The molecule has 4 rings (SSSR count). The lowest BCUT2D eigenvalue weighted by molar-refractivity contribution is -0.161. The number of esters is 1. The highest BCUT2D eigenvalue weighted by molar-refractivity contribution is 5.99. The number of fused-ring (bicyclic) bond motifs is 5. The number of phenolic OH excluding ortho intramolecular Hbond substituents is 1. The second-order valence-corrected chi connectivity index (χ2v) is 8.15. The monoisotopic (exact) mass is 344 g/mol. The predicted molar refractivity (Wildman–Crippen MR) is 90.3 cm³/mol. The summed E-state index contributed by atoms with van der Waals surface area (Å²) >= 11 is 0. The number of hydrogen-bond acceptors (Lipinski definition) is 5. The number of benzene rings is 1. The average Bonchev–Trinajstić information content (AvgIpc) is 2.79. The van der Waals surface area contributed by atoms with Gasteiger partial charge in [0.15, 0.2) is 5.78 Å². The molecule has 5 nitrogen and oxygen atoms in total. The zero-order valence-electron chi connectivity index (χ0n) is 14.6. The Morgan fingerprint density at radius 3 is 2.84 bits per heavy atom. The number of carbonyl (C=O) groups excluding carboxylic acids is 2. The number of carbonyl (C=O) groups is 2. The molecule has 0 aromatic heterocycles. The Kier molecular flexibility index (Phi) is 3.69. The van der Waals surface area contributed by atoms with Gasteiger partial charge in [0, 0.05) is 24.3 Å². The number of aliphatic hydroxyl groups is 1. The molecule has 2 N–H and O–H groups in total. The van der Waals surface area contributed by atoms with Gasteiger partial charge in [0.25, 0.3) is 0 Å². The molecule has 2 saturated carbocycles. The van der Waals surface area contributed by atoms with Crippen molar-refractivity contribution in [1.82, 2.24) is 0 Å². The smallest absolute Gasteiger partial charge is 0.303 e. The van der Waals surface area contributed by atoms with E-state index in [4.69, 9.17) is 4.74 Å². The van der Waals surface area contributed by atoms with E-state index in [-0.39, 0.29) is 40.7 Å². The van der Waals surface area contributed by atoms with Crippen LogP contribution in [0.2, 0.25) is 0 Å². The van der Waals surface area contributed by atoms with E-state index < -0.39 is 12.2 Å². The minimum atomic E-state index is -0.672. The number of hydrogen-bond donors (Lipinski definition) is 2. The summed E-state index contributed by atoms with van der Waals surface area (Å²) in [6.07, 6.45) is 1.58. The summed E-state index contributed by atoms with van der Waals surface area (Å²) in [5.41, 5.74) is 1.37. The van der Waals surface area contributed by atoms with Crippen LogP contribution in [0.15, 0.2) is 18.2 Å². The largest absolute Gasteiger partial charge is 0.508 e. The fraction of sp³-hybridized carbons (Fsp3) is 0.600. The number of Topliss-reactive ketones (excluding diaryl/α,β-unsaturated/α-hetero) is 1. The molecule has 3 aliphatic rings. The molecule has 0 heterocycles. The van der Waals surface area contributed by atoms with Gasteiger partial charge in [-0.3, -0.25) is 9.59 Å². The maximum Gasteiger partial charge on any atom is 0.303 e. The van der Waals surface area contributed by atoms with E-state index >= 15 is 0 Å². The third-order valence-electron chi connectivity index (χ3n) is 6.82. The summed E-state index contributed by atoms with van der Waals surface area (Å²) in [5, 5.41) is 20.2. The van der Waals surface area contributed by atoms with E-state index in [1.807, 2.05) is 6.07 Å². The molecule has 1 aromatic rings. The topological polar surface area (TPSA) is 83.8 Å². The molecule has 0 amide bonds. The summed E-state index contributed by atoms with van der Waals surface area (Å²) in [4.78, 5) is 24.1. The molecule has 0 spiro atoms. The van der Waals surface area contributed by atoms with Crippen molar-refractivity contribution in [2.24, 2.45) is 17.3 Å². The third kappa shape index (κ3) is 2.40. The van der Waals surface area contributed by atoms with Gasteiger partial charge < -0.3 is 14.9 Å². The molecule has 0 unspecified atom stereocenters. The Hall–Kier alpha value is -1.88. The minimum absolute atomic E-state index is 0.0572. The van der Waals surface area contributed by atoms with Crippen LogP contribution < -0.4 is 0 Å². The van der Waals surface area contributed by atoms with E-state index in [1.54, 1.807) is 12.1 Å². The molecule has 134 valence electrons. The van der Waals surface area contributed by atoms with Crippen LogP contribution in [0.25, 0.3) is 0 Å². The summed E-state index contributed by atoms with van der Waals surface area (Å²) < 4.78 is 5.48. The molecule has 25 heavy (non-hydrogen) atoms. The molecule has 0 bridgehead atoms. The Balaban J connectivity index is 1.71. The Morgan fingerprint density at radius 1 is 1.36 bits per heavy atom. The first-order chi connectivity index (χ1) is 11.8. The van der Waals surface area contributed by atoms with Crippen molar-refractivity contribution < 1.29 is 24.5 Å².